The number of halogens is 2. The minimum Gasteiger partial charge on any atom is -0.507 e. The van der Waals surface area contributed by atoms with E-state index in [9.17, 15) is 19.5 Å². The molecule has 1 unspecified atom stereocenters. The number of ether oxygens (including phenoxy) is 3. The van der Waals surface area contributed by atoms with Crippen molar-refractivity contribution in [1.29, 1.82) is 0 Å². The van der Waals surface area contributed by atoms with E-state index in [-0.39, 0.29) is 38.4 Å². The lowest BCUT2D eigenvalue weighted by atomic mass is 9.94. The van der Waals surface area contributed by atoms with Gasteiger partial charge in [0.1, 0.15) is 16.5 Å². The van der Waals surface area contributed by atoms with Gasteiger partial charge in [-0.15, -0.1) is 0 Å². The number of aliphatic hydroxyl groups excluding tert-OH is 1. The number of benzene rings is 3. The first-order valence-corrected chi connectivity index (χ1v) is 12.7. The van der Waals surface area contributed by atoms with Gasteiger partial charge in [0.25, 0.3) is 11.7 Å². The Bertz CT molecular complexity index is 1500. The van der Waals surface area contributed by atoms with E-state index in [4.69, 9.17) is 37.4 Å². The Morgan fingerprint density at radius 3 is 2.26 bits per heavy atom. The summed E-state index contributed by atoms with van der Waals surface area (Å²) in [6.45, 7) is 3.26. The molecule has 0 radical (unpaired) electrons. The average Bonchev–Trinajstić information content (AvgIpc) is 3.18. The summed E-state index contributed by atoms with van der Waals surface area (Å²) in [5, 5.41) is 11.6. The molecule has 8 nitrogen and oxygen atoms in total. The van der Waals surface area contributed by atoms with E-state index in [1.807, 2.05) is 19.1 Å². The predicted octanol–water partition coefficient (Wildman–Crippen LogP) is 6.12. The highest BCUT2D eigenvalue weighted by molar-refractivity contribution is 6.52. The first kappa shape index (κ1) is 28.0. The van der Waals surface area contributed by atoms with Crippen LogP contribution in [0.5, 0.6) is 17.2 Å². The van der Waals surface area contributed by atoms with Crippen LogP contribution in [0, 0.1) is 0 Å². The monoisotopic (exact) mass is 569 g/mol. The largest absolute Gasteiger partial charge is 0.507 e. The summed E-state index contributed by atoms with van der Waals surface area (Å²) in [5.74, 6) is -2.54. The number of amides is 1. The molecule has 0 aromatic heterocycles. The van der Waals surface area contributed by atoms with Crippen LogP contribution in [-0.4, -0.2) is 37.0 Å². The standard InChI is InChI=1S/C29H25Cl2NO7/c1-5-16-9-11-18(12-10-16)32-24(17-7-6-8-19(13-17)39-15(2)33)22(26(35)29(32)36)25(34)20-14-21(30)28(38-4)23(31)27(20)37-3/h6-14,24,34H,5H2,1-4H3/b25-22+. The van der Waals surface area contributed by atoms with E-state index in [2.05, 4.69) is 0 Å². The third-order valence-corrected chi connectivity index (χ3v) is 6.92. The second kappa shape index (κ2) is 11.4. The number of hydrogen-bond donors (Lipinski definition) is 1. The van der Waals surface area contributed by atoms with Gasteiger partial charge in [0, 0.05) is 12.6 Å². The molecule has 0 saturated carbocycles. The number of carbonyl (C=O) groups is 3. The molecule has 1 amide bonds. The van der Waals surface area contributed by atoms with Crippen LogP contribution in [0.1, 0.15) is 36.6 Å². The number of nitrogens with zero attached hydrogens (tertiary/aromatic N) is 1. The lowest BCUT2D eigenvalue weighted by molar-refractivity contribution is -0.132. The normalized spacial score (nSPS) is 16.4. The Morgan fingerprint density at radius 1 is 1.00 bits per heavy atom. The van der Waals surface area contributed by atoms with Gasteiger partial charge in [-0.05, 0) is 47.9 Å². The smallest absolute Gasteiger partial charge is 0.308 e. The molecule has 0 bridgehead atoms. The van der Waals surface area contributed by atoms with Crippen molar-refractivity contribution in [3.8, 4) is 17.2 Å². The predicted molar refractivity (Wildman–Crippen MR) is 148 cm³/mol. The molecule has 39 heavy (non-hydrogen) atoms. The number of ketones is 1. The topological polar surface area (TPSA) is 102 Å². The number of aryl methyl sites for hydroxylation is 1. The summed E-state index contributed by atoms with van der Waals surface area (Å²) in [6.07, 6.45) is 0.783. The number of anilines is 1. The number of Topliss-reactive ketones (excluding diaryl/α,β-unsaturated/α-hetero) is 1. The molecule has 1 N–H and O–H groups in total. The second-order valence-corrected chi connectivity index (χ2v) is 9.43. The van der Waals surface area contributed by atoms with Gasteiger partial charge in [-0.2, -0.15) is 0 Å². The molecule has 1 aliphatic rings. The molecule has 202 valence electrons. The van der Waals surface area contributed by atoms with Crippen LogP contribution in [0.4, 0.5) is 5.69 Å². The molecule has 10 heteroatoms. The molecule has 1 atom stereocenters. The van der Waals surface area contributed by atoms with Crippen molar-refractivity contribution in [3.05, 3.63) is 86.9 Å². The van der Waals surface area contributed by atoms with Crippen molar-refractivity contribution in [2.45, 2.75) is 26.3 Å². The van der Waals surface area contributed by atoms with E-state index >= 15 is 0 Å². The molecule has 1 saturated heterocycles. The second-order valence-electron chi connectivity index (χ2n) is 8.64. The van der Waals surface area contributed by atoms with Crippen LogP contribution in [-0.2, 0) is 20.8 Å². The number of hydrogen-bond acceptors (Lipinski definition) is 7. The fourth-order valence-corrected chi connectivity index (χ4v) is 5.20. The lowest BCUT2D eigenvalue weighted by Crippen LogP contribution is -2.29. The molecular formula is C29H25Cl2NO7. The van der Waals surface area contributed by atoms with E-state index in [0.717, 1.165) is 12.0 Å². The highest BCUT2D eigenvalue weighted by Gasteiger charge is 2.47. The summed E-state index contributed by atoms with van der Waals surface area (Å²) in [4.78, 5) is 39.9. The summed E-state index contributed by atoms with van der Waals surface area (Å²) in [6, 6.07) is 13.8. The molecule has 4 rings (SSSR count). The van der Waals surface area contributed by atoms with Crippen LogP contribution in [0.25, 0.3) is 5.76 Å². The summed E-state index contributed by atoms with van der Waals surface area (Å²) in [7, 11) is 2.71. The Labute approximate surface area is 235 Å². The van der Waals surface area contributed by atoms with Crippen LogP contribution in [0.2, 0.25) is 10.0 Å². The maximum atomic E-state index is 13.5. The van der Waals surface area contributed by atoms with Crippen molar-refractivity contribution >= 4 is 52.3 Å². The summed E-state index contributed by atoms with van der Waals surface area (Å²) >= 11 is 12.8. The third-order valence-electron chi connectivity index (χ3n) is 6.30. The summed E-state index contributed by atoms with van der Waals surface area (Å²) in [5.41, 5.74) is 1.66. The van der Waals surface area contributed by atoms with Crippen molar-refractivity contribution in [1.82, 2.24) is 0 Å². The average molecular weight is 570 g/mol. The zero-order valence-electron chi connectivity index (χ0n) is 21.6. The van der Waals surface area contributed by atoms with Gasteiger partial charge in [-0.3, -0.25) is 19.3 Å². The van der Waals surface area contributed by atoms with Crippen LogP contribution >= 0.6 is 23.2 Å². The number of methoxy groups -OCH3 is 2. The first-order chi connectivity index (χ1) is 18.6. The van der Waals surface area contributed by atoms with Gasteiger partial charge in [0.05, 0.1) is 36.4 Å². The fraction of sp³-hybridized carbons (Fsp3) is 0.207. The van der Waals surface area contributed by atoms with Crippen molar-refractivity contribution in [2.75, 3.05) is 19.1 Å². The van der Waals surface area contributed by atoms with Crippen molar-refractivity contribution in [3.63, 3.8) is 0 Å². The van der Waals surface area contributed by atoms with Crippen molar-refractivity contribution in [2.24, 2.45) is 0 Å². The highest BCUT2D eigenvalue weighted by atomic mass is 35.5. The zero-order chi connectivity index (χ0) is 28.4. The van der Waals surface area contributed by atoms with Gasteiger partial charge in [-0.1, -0.05) is 54.4 Å². The van der Waals surface area contributed by atoms with Crippen molar-refractivity contribution < 1.29 is 33.7 Å². The number of aliphatic hydroxyl groups is 1. The van der Waals surface area contributed by atoms with Gasteiger partial charge in [0.15, 0.2) is 11.5 Å². The van der Waals surface area contributed by atoms with Crippen LogP contribution in [0.3, 0.4) is 0 Å². The summed E-state index contributed by atoms with van der Waals surface area (Å²) < 4.78 is 15.9. The van der Waals surface area contributed by atoms with Crippen LogP contribution in [0.15, 0.2) is 60.2 Å². The Hall–Kier alpha value is -4.01. The zero-order valence-corrected chi connectivity index (χ0v) is 23.1. The van der Waals surface area contributed by atoms with E-state index in [0.29, 0.717) is 11.3 Å². The minimum atomic E-state index is -1.09. The molecule has 1 aliphatic heterocycles. The molecule has 1 fully saturated rings. The number of esters is 1. The maximum Gasteiger partial charge on any atom is 0.308 e. The van der Waals surface area contributed by atoms with E-state index < -0.39 is 29.5 Å². The molecule has 0 spiro atoms. The number of rotatable bonds is 7. The minimum absolute atomic E-state index is 0.00123. The molecular weight excluding hydrogens is 545 g/mol. The Balaban J connectivity index is 2.00. The molecule has 1 heterocycles. The fourth-order valence-electron chi connectivity index (χ4n) is 4.51. The first-order valence-electron chi connectivity index (χ1n) is 11.9. The maximum absolute atomic E-state index is 13.5. The Kier molecular flexibility index (Phi) is 8.18. The quantitative estimate of drug-likeness (QED) is 0.120. The van der Waals surface area contributed by atoms with Crippen LogP contribution < -0.4 is 19.1 Å². The van der Waals surface area contributed by atoms with Gasteiger partial charge >= 0.3 is 5.97 Å². The van der Waals surface area contributed by atoms with Gasteiger partial charge < -0.3 is 19.3 Å². The molecule has 3 aromatic carbocycles. The molecule has 3 aromatic rings. The lowest BCUT2D eigenvalue weighted by Gasteiger charge is -2.26. The van der Waals surface area contributed by atoms with E-state index in [1.54, 1.807) is 30.3 Å². The molecule has 0 aliphatic carbocycles. The SMILES string of the molecule is CCc1ccc(N2C(=O)C(=O)/C(=C(/O)c3cc(Cl)c(OC)c(Cl)c3OC)C2c2cccc(OC(C)=O)c2)cc1. The Morgan fingerprint density at radius 2 is 1.67 bits per heavy atom. The number of carbonyl (C=O) groups excluding carboxylic acids is 3. The third kappa shape index (κ3) is 5.17. The highest BCUT2D eigenvalue weighted by Crippen LogP contribution is 2.48. The van der Waals surface area contributed by atoms with E-state index in [1.165, 1.54) is 38.2 Å². The van der Waals surface area contributed by atoms with Gasteiger partial charge in [0.2, 0.25) is 0 Å². The van der Waals surface area contributed by atoms with Gasteiger partial charge in [-0.25, -0.2) is 0 Å².